The van der Waals surface area contributed by atoms with Crippen molar-refractivity contribution < 1.29 is 0 Å². The average Bonchev–Trinajstić information content (AvgIpc) is 2.32. The molecule has 1 radical (unpaired) electrons. The van der Waals surface area contributed by atoms with Gasteiger partial charge in [-0.3, -0.25) is 0 Å². The van der Waals surface area contributed by atoms with E-state index in [0.717, 1.165) is 5.54 Å². The first-order valence-corrected chi connectivity index (χ1v) is 7.96. The molecule has 0 unspecified atom stereocenters. The number of allylic oxidation sites excluding steroid dienone is 4. The lowest BCUT2D eigenvalue weighted by Gasteiger charge is -2.21. The maximum atomic E-state index is 2.50. The van der Waals surface area contributed by atoms with Crippen LogP contribution in [-0.4, -0.2) is 8.80 Å². The van der Waals surface area contributed by atoms with Crippen LogP contribution in [0.15, 0.2) is 22.3 Å². The molecule has 1 rings (SSSR count). The summed E-state index contributed by atoms with van der Waals surface area (Å²) in [4.78, 5) is 0. The molecule has 0 nitrogen and oxygen atoms in total. The van der Waals surface area contributed by atoms with E-state index in [0.29, 0.717) is 0 Å². The minimum atomic E-state index is -0.196. The zero-order valence-corrected chi connectivity index (χ0v) is 11.5. The van der Waals surface area contributed by atoms with Gasteiger partial charge in [-0.25, -0.2) is 0 Å². The fourth-order valence-electron chi connectivity index (χ4n) is 2.63. The van der Waals surface area contributed by atoms with Gasteiger partial charge < -0.3 is 0 Å². The van der Waals surface area contributed by atoms with Crippen LogP contribution in [0.3, 0.4) is 0 Å². The lowest BCUT2D eigenvalue weighted by molar-refractivity contribution is 1.01. The highest BCUT2D eigenvalue weighted by Gasteiger charge is 2.28. The van der Waals surface area contributed by atoms with Gasteiger partial charge in [0.2, 0.25) is 0 Å². The van der Waals surface area contributed by atoms with Gasteiger partial charge in [0.05, 0.1) is 8.80 Å². The predicted molar refractivity (Wildman–Crippen MR) is 67.2 cm³/mol. The van der Waals surface area contributed by atoms with Crippen LogP contribution < -0.4 is 0 Å². The summed E-state index contributed by atoms with van der Waals surface area (Å²) >= 11 is 0. The Balaban J connectivity index is 2.91. The minimum absolute atomic E-state index is 0.196. The smallest absolute Gasteiger partial charge is 0.0579 e. The molecule has 14 heavy (non-hydrogen) atoms. The molecule has 0 atom stereocenters. The molecule has 0 aromatic carbocycles. The van der Waals surface area contributed by atoms with Crippen molar-refractivity contribution in [1.82, 2.24) is 0 Å². The van der Waals surface area contributed by atoms with Crippen molar-refractivity contribution in [3.8, 4) is 0 Å². The summed E-state index contributed by atoms with van der Waals surface area (Å²) in [6.45, 7) is 14.1. The standard InChI is InChI=1S/C13H23Si/c1-7-8-14(6)13-11(4)9(2)10(3)12(13)5/h13H,7-8H2,1-6H3. The first-order chi connectivity index (χ1) is 6.50. The summed E-state index contributed by atoms with van der Waals surface area (Å²) in [7, 11) is -0.196. The van der Waals surface area contributed by atoms with Crippen molar-refractivity contribution in [1.29, 1.82) is 0 Å². The Morgan fingerprint density at radius 1 is 1.00 bits per heavy atom. The quantitative estimate of drug-likeness (QED) is 0.594. The lowest BCUT2D eigenvalue weighted by Crippen LogP contribution is -2.16. The van der Waals surface area contributed by atoms with Gasteiger partial charge in [0.25, 0.3) is 0 Å². The molecule has 1 aliphatic rings. The molecular formula is C13H23Si. The summed E-state index contributed by atoms with van der Waals surface area (Å²) in [5.74, 6) is 0. The molecule has 79 valence electrons. The average molecular weight is 207 g/mol. The van der Waals surface area contributed by atoms with E-state index in [1.165, 1.54) is 12.5 Å². The Bertz CT molecular complexity index is 260. The van der Waals surface area contributed by atoms with Gasteiger partial charge in [0, 0.05) is 0 Å². The SMILES string of the molecule is CCC[Si](C)C1C(C)=C(C)C(C)=C1C. The van der Waals surface area contributed by atoms with E-state index in [9.17, 15) is 0 Å². The fourth-order valence-corrected chi connectivity index (χ4v) is 5.62. The van der Waals surface area contributed by atoms with Gasteiger partial charge in [-0.15, -0.1) is 0 Å². The highest BCUT2D eigenvalue weighted by molar-refractivity contribution is 6.60. The lowest BCUT2D eigenvalue weighted by atomic mass is 10.1. The van der Waals surface area contributed by atoms with Gasteiger partial charge in [-0.1, -0.05) is 37.1 Å². The van der Waals surface area contributed by atoms with Crippen LogP contribution in [0.2, 0.25) is 18.1 Å². The molecule has 0 saturated carbocycles. The molecule has 0 aliphatic heterocycles. The Hall–Kier alpha value is -0.303. The van der Waals surface area contributed by atoms with Crippen molar-refractivity contribution in [3.05, 3.63) is 22.3 Å². The molecule has 0 spiro atoms. The highest BCUT2D eigenvalue weighted by atomic mass is 28.3. The number of hydrogen-bond acceptors (Lipinski definition) is 0. The molecule has 0 heterocycles. The van der Waals surface area contributed by atoms with Crippen molar-refractivity contribution >= 4 is 8.80 Å². The topological polar surface area (TPSA) is 0 Å². The van der Waals surface area contributed by atoms with Gasteiger partial charge in [-0.05, 0) is 44.4 Å². The third-order valence-electron chi connectivity index (χ3n) is 3.75. The second kappa shape index (κ2) is 4.48. The molecule has 0 aromatic heterocycles. The molecule has 0 saturated heterocycles. The van der Waals surface area contributed by atoms with Crippen LogP contribution in [0.1, 0.15) is 41.0 Å². The summed E-state index contributed by atoms with van der Waals surface area (Å²) in [6.07, 6.45) is 1.35. The normalized spacial score (nSPS) is 19.1. The van der Waals surface area contributed by atoms with Gasteiger partial charge in [0.15, 0.2) is 0 Å². The van der Waals surface area contributed by atoms with Crippen molar-refractivity contribution in [2.45, 2.75) is 59.2 Å². The van der Waals surface area contributed by atoms with Crippen molar-refractivity contribution in [3.63, 3.8) is 0 Å². The van der Waals surface area contributed by atoms with Gasteiger partial charge >= 0.3 is 0 Å². The van der Waals surface area contributed by atoms with Crippen LogP contribution in [0, 0.1) is 0 Å². The Morgan fingerprint density at radius 2 is 1.43 bits per heavy atom. The van der Waals surface area contributed by atoms with Crippen LogP contribution >= 0.6 is 0 Å². The van der Waals surface area contributed by atoms with Crippen molar-refractivity contribution in [2.24, 2.45) is 0 Å². The predicted octanol–water partition coefficient (Wildman–Crippen LogP) is 4.58. The summed E-state index contributed by atoms with van der Waals surface area (Å²) in [5, 5.41) is 0. The Labute approximate surface area is 90.7 Å². The van der Waals surface area contributed by atoms with E-state index in [1.807, 2.05) is 0 Å². The van der Waals surface area contributed by atoms with E-state index in [-0.39, 0.29) is 8.80 Å². The fraction of sp³-hybridized carbons (Fsp3) is 0.692. The van der Waals surface area contributed by atoms with Gasteiger partial charge in [0.1, 0.15) is 0 Å². The minimum Gasteiger partial charge on any atom is -0.0703 e. The molecule has 0 aromatic rings. The zero-order chi connectivity index (χ0) is 10.9. The maximum Gasteiger partial charge on any atom is 0.0579 e. The van der Waals surface area contributed by atoms with Crippen molar-refractivity contribution in [2.75, 3.05) is 0 Å². The second-order valence-corrected chi connectivity index (χ2v) is 7.42. The molecule has 1 aliphatic carbocycles. The summed E-state index contributed by atoms with van der Waals surface area (Å²) in [5.41, 5.74) is 7.27. The molecule has 0 amide bonds. The van der Waals surface area contributed by atoms with E-state index >= 15 is 0 Å². The summed E-state index contributed by atoms with van der Waals surface area (Å²) in [6, 6.07) is 1.45. The Morgan fingerprint density at radius 3 is 1.79 bits per heavy atom. The largest absolute Gasteiger partial charge is 0.0703 e. The highest BCUT2D eigenvalue weighted by Crippen LogP contribution is 2.43. The monoisotopic (exact) mass is 207 g/mol. The van der Waals surface area contributed by atoms with Crippen LogP contribution in [-0.2, 0) is 0 Å². The third-order valence-corrected chi connectivity index (χ3v) is 6.89. The van der Waals surface area contributed by atoms with E-state index in [1.54, 1.807) is 22.3 Å². The molecule has 1 heteroatoms. The molecular weight excluding hydrogens is 184 g/mol. The van der Waals surface area contributed by atoms with E-state index in [2.05, 4.69) is 41.2 Å². The van der Waals surface area contributed by atoms with Gasteiger partial charge in [-0.2, -0.15) is 0 Å². The summed E-state index contributed by atoms with van der Waals surface area (Å²) < 4.78 is 0. The van der Waals surface area contributed by atoms with E-state index in [4.69, 9.17) is 0 Å². The maximum absolute atomic E-state index is 2.50. The van der Waals surface area contributed by atoms with Crippen LogP contribution in [0.5, 0.6) is 0 Å². The zero-order valence-electron chi connectivity index (χ0n) is 10.5. The number of rotatable bonds is 3. The van der Waals surface area contributed by atoms with Crippen LogP contribution in [0.25, 0.3) is 0 Å². The molecule has 0 fully saturated rings. The number of hydrogen-bond donors (Lipinski definition) is 0. The Kier molecular flexibility index (Phi) is 3.76. The molecule has 0 bridgehead atoms. The second-order valence-electron chi connectivity index (χ2n) is 4.65. The third kappa shape index (κ3) is 1.88. The van der Waals surface area contributed by atoms with E-state index < -0.39 is 0 Å². The first-order valence-electron chi connectivity index (χ1n) is 5.68. The molecule has 0 N–H and O–H groups in total. The van der Waals surface area contributed by atoms with Crippen LogP contribution in [0.4, 0.5) is 0 Å². The first kappa shape index (κ1) is 11.8.